The van der Waals surface area contributed by atoms with Crippen molar-refractivity contribution in [3.63, 3.8) is 0 Å². The predicted octanol–water partition coefficient (Wildman–Crippen LogP) is 3.80. The molecule has 0 N–H and O–H groups in total. The Kier molecular flexibility index (Phi) is 3.56. The highest BCUT2D eigenvalue weighted by Gasteiger charge is 2.69. The van der Waals surface area contributed by atoms with Crippen LogP contribution in [-0.4, -0.2) is 50.5 Å². The Bertz CT molecular complexity index is 816. The molecule has 4 nitrogen and oxygen atoms in total. The Morgan fingerprint density at radius 3 is 2.75 bits per heavy atom. The van der Waals surface area contributed by atoms with Crippen LogP contribution >= 0.6 is 0 Å². The van der Waals surface area contributed by atoms with E-state index in [1.165, 1.54) is 49.9 Å². The first-order chi connectivity index (χ1) is 13.5. The zero-order valence-corrected chi connectivity index (χ0v) is 17.7. The maximum absolute atomic E-state index is 6.80. The fourth-order valence-electron chi connectivity index (χ4n) is 7.42. The van der Waals surface area contributed by atoms with Crippen LogP contribution < -0.4 is 9.47 Å². The molecule has 1 spiro atoms. The first kappa shape index (κ1) is 17.6. The number of likely N-dealkylation sites (tertiary alicyclic amines) is 1. The number of benzene rings is 1. The van der Waals surface area contributed by atoms with Crippen molar-refractivity contribution in [2.75, 3.05) is 27.3 Å². The molecule has 1 saturated heterocycles. The molecule has 4 heteroatoms. The molecule has 0 aromatic heterocycles. The molecule has 3 aliphatic carbocycles. The number of hydrogen-bond acceptors (Lipinski definition) is 4. The first-order valence-electron chi connectivity index (χ1n) is 11.1. The molecule has 5 unspecified atom stereocenters. The lowest BCUT2D eigenvalue weighted by molar-refractivity contribution is -0.167. The quantitative estimate of drug-likeness (QED) is 0.791. The standard InChI is InChI=1S/C24H33NO3/c1-23(2)12-16-17-11-15-7-8-18(26-3)20-19(15)24(16,22(28-20)21(23)27-4)9-10-25(17)13-14-5-6-14/h7-8,14,16-17,21-22H,5-6,9-13H2,1-4H3. The molecule has 6 rings (SSSR count). The van der Waals surface area contributed by atoms with Crippen LogP contribution in [0.2, 0.25) is 0 Å². The van der Waals surface area contributed by atoms with E-state index in [4.69, 9.17) is 14.2 Å². The molecule has 2 heterocycles. The lowest BCUT2D eigenvalue weighted by atomic mass is 9.47. The Balaban J connectivity index is 1.53. The van der Waals surface area contributed by atoms with Crippen molar-refractivity contribution in [3.8, 4) is 11.5 Å². The summed E-state index contributed by atoms with van der Waals surface area (Å²) in [5.74, 6) is 3.50. The van der Waals surface area contributed by atoms with E-state index in [2.05, 4.69) is 30.9 Å². The van der Waals surface area contributed by atoms with Gasteiger partial charge in [-0.1, -0.05) is 19.9 Å². The van der Waals surface area contributed by atoms with Gasteiger partial charge in [0.25, 0.3) is 0 Å². The summed E-state index contributed by atoms with van der Waals surface area (Å²) >= 11 is 0. The van der Waals surface area contributed by atoms with E-state index in [0.717, 1.165) is 23.8 Å². The van der Waals surface area contributed by atoms with Crippen molar-refractivity contribution < 1.29 is 14.2 Å². The monoisotopic (exact) mass is 383 g/mol. The van der Waals surface area contributed by atoms with Gasteiger partial charge in [-0.25, -0.2) is 0 Å². The van der Waals surface area contributed by atoms with Gasteiger partial charge >= 0.3 is 0 Å². The number of nitrogens with zero attached hydrogens (tertiary/aromatic N) is 1. The largest absolute Gasteiger partial charge is 0.493 e. The minimum absolute atomic E-state index is 0.0956. The van der Waals surface area contributed by atoms with Gasteiger partial charge in [-0.05, 0) is 67.5 Å². The van der Waals surface area contributed by atoms with Crippen LogP contribution in [0.5, 0.6) is 11.5 Å². The molecule has 28 heavy (non-hydrogen) atoms. The smallest absolute Gasteiger partial charge is 0.165 e. The minimum atomic E-state index is 0.0956. The van der Waals surface area contributed by atoms with E-state index < -0.39 is 0 Å². The number of rotatable bonds is 4. The summed E-state index contributed by atoms with van der Waals surface area (Å²) in [5, 5.41) is 0. The van der Waals surface area contributed by atoms with Gasteiger partial charge in [0, 0.05) is 30.7 Å². The maximum atomic E-state index is 6.80. The average molecular weight is 384 g/mol. The number of piperidine rings is 1. The summed E-state index contributed by atoms with van der Waals surface area (Å²) in [4.78, 5) is 2.85. The zero-order chi connectivity index (χ0) is 19.3. The van der Waals surface area contributed by atoms with E-state index in [0.29, 0.717) is 12.0 Å². The summed E-state index contributed by atoms with van der Waals surface area (Å²) in [6, 6.07) is 5.08. The Morgan fingerprint density at radius 2 is 2.04 bits per heavy atom. The molecule has 3 fully saturated rings. The van der Waals surface area contributed by atoms with E-state index >= 15 is 0 Å². The molecule has 5 atom stereocenters. The summed E-state index contributed by atoms with van der Waals surface area (Å²) < 4.78 is 18.7. The van der Waals surface area contributed by atoms with Crippen LogP contribution in [0, 0.1) is 17.3 Å². The third-order valence-corrected chi connectivity index (χ3v) is 8.72. The Morgan fingerprint density at radius 1 is 1.21 bits per heavy atom. The number of hydrogen-bond donors (Lipinski definition) is 0. The molecular formula is C24H33NO3. The average Bonchev–Trinajstić information content (AvgIpc) is 3.41. The van der Waals surface area contributed by atoms with Gasteiger partial charge in [0.15, 0.2) is 11.5 Å². The second kappa shape index (κ2) is 5.66. The molecular weight excluding hydrogens is 350 g/mol. The van der Waals surface area contributed by atoms with Crippen LogP contribution in [0.1, 0.15) is 50.7 Å². The molecule has 152 valence electrons. The Labute approximate surface area is 168 Å². The first-order valence-corrected chi connectivity index (χ1v) is 11.1. The van der Waals surface area contributed by atoms with Gasteiger partial charge in [-0.2, -0.15) is 0 Å². The second-order valence-electron chi connectivity index (χ2n) is 10.6. The normalized spacial score (nSPS) is 40.0. The van der Waals surface area contributed by atoms with Gasteiger partial charge in [0.2, 0.25) is 0 Å². The van der Waals surface area contributed by atoms with Crippen LogP contribution in [0.25, 0.3) is 0 Å². The van der Waals surface area contributed by atoms with Gasteiger partial charge < -0.3 is 14.2 Å². The van der Waals surface area contributed by atoms with Gasteiger partial charge in [0.1, 0.15) is 6.10 Å². The van der Waals surface area contributed by atoms with Gasteiger partial charge in [0.05, 0.1) is 13.2 Å². The predicted molar refractivity (Wildman–Crippen MR) is 108 cm³/mol. The van der Waals surface area contributed by atoms with Crippen LogP contribution in [-0.2, 0) is 16.6 Å². The molecule has 0 radical (unpaired) electrons. The minimum Gasteiger partial charge on any atom is -0.493 e. The van der Waals surface area contributed by atoms with Crippen LogP contribution in [0.15, 0.2) is 12.1 Å². The molecule has 1 aromatic carbocycles. The number of methoxy groups -OCH3 is 2. The van der Waals surface area contributed by atoms with E-state index in [-0.39, 0.29) is 23.0 Å². The lowest BCUT2D eigenvalue weighted by Crippen LogP contribution is -2.70. The fourth-order valence-corrected chi connectivity index (χ4v) is 7.42. The molecule has 0 amide bonds. The van der Waals surface area contributed by atoms with E-state index in [9.17, 15) is 0 Å². The fraction of sp³-hybridized carbons (Fsp3) is 0.750. The van der Waals surface area contributed by atoms with Crippen molar-refractivity contribution >= 4 is 0 Å². The molecule has 5 aliphatic rings. The highest BCUT2D eigenvalue weighted by molar-refractivity contribution is 5.61. The lowest BCUT2D eigenvalue weighted by Gasteiger charge is -2.62. The van der Waals surface area contributed by atoms with Crippen LogP contribution in [0.3, 0.4) is 0 Å². The van der Waals surface area contributed by atoms with E-state index in [1.54, 1.807) is 7.11 Å². The van der Waals surface area contributed by atoms with Gasteiger partial charge in [-0.3, -0.25) is 4.90 Å². The van der Waals surface area contributed by atoms with Gasteiger partial charge in [-0.15, -0.1) is 0 Å². The molecule has 2 bridgehead atoms. The van der Waals surface area contributed by atoms with Crippen molar-refractivity contribution in [2.24, 2.45) is 17.3 Å². The van der Waals surface area contributed by atoms with Crippen LogP contribution in [0.4, 0.5) is 0 Å². The second-order valence-corrected chi connectivity index (χ2v) is 10.6. The highest BCUT2D eigenvalue weighted by Crippen LogP contribution is 2.66. The summed E-state index contributed by atoms with van der Waals surface area (Å²) in [5.41, 5.74) is 3.18. The summed E-state index contributed by atoms with van der Waals surface area (Å²) in [6.07, 6.45) is 6.64. The topological polar surface area (TPSA) is 30.9 Å². The molecule has 1 aromatic rings. The third-order valence-electron chi connectivity index (χ3n) is 8.72. The maximum Gasteiger partial charge on any atom is 0.165 e. The SMILES string of the molecule is COc1ccc2c3c1OC1C(OC)C(C)(C)CC4C(C2)N(CC2CC2)CCC341. The molecule has 2 saturated carbocycles. The van der Waals surface area contributed by atoms with Crippen molar-refractivity contribution in [2.45, 2.75) is 69.6 Å². The van der Waals surface area contributed by atoms with E-state index in [1.807, 2.05) is 7.11 Å². The summed E-state index contributed by atoms with van der Waals surface area (Å²) in [7, 11) is 3.64. The summed E-state index contributed by atoms with van der Waals surface area (Å²) in [6.45, 7) is 7.27. The highest BCUT2D eigenvalue weighted by atomic mass is 16.6. The van der Waals surface area contributed by atoms with Crippen molar-refractivity contribution in [3.05, 3.63) is 23.3 Å². The van der Waals surface area contributed by atoms with Crippen molar-refractivity contribution in [1.82, 2.24) is 4.90 Å². The number of ether oxygens (including phenoxy) is 3. The Hall–Kier alpha value is -1.26. The molecule has 2 aliphatic heterocycles. The zero-order valence-electron chi connectivity index (χ0n) is 17.7. The third kappa shape index (κ3) is 2.09. The van der Waals surface area contributed by atoms with Crippen molar-refractivity contribution in [1.29, 1.82) is 0 Å².